The molecule has 1 aromatic carbocycles. The average molecular weight is 183 g/mol. The van der Waals surface area contributed by atoms with Crippen LogP contribution in [0.3, 0.4) is 0 Å². The molecule has 0 heterocycles. The normalized spacial score (nSPS) is 9.92. The second kappa shape index (κ2) is 3.86. The predicted molar refractivity (Wildman–Crippen MR) is 45.5 cm³/mol. The van der Waals surface area contributed by atoms with Crippen molar-refractivity contribution in [1.29, 1.82) is 0 Å². The van der Waals surface area contributed by atoms with Gasteiger partial charge in [0.25, 0.3) is 0 Å². The van der Waals surface area contributed by atoms with Gasteiger partial charge in [-0.25, -0.2) is 0 Å². The van der Waals surface area contributed by atoms with E-state index in [1.807, 2.05) is 0 Å². The number of nitro groups is 1. The van der Waals surface area contributed by atoms with E-state index in [1.54, 1.807) is 6.07 Å². The zero-order chi connectivity index (χ0) is 9.84. The zero-order valence-electron chi connectivity index (χ0n) is 7.06. The van der Waals surface area contributed by atoms with E-state index in [1.165, 1.54) is 19.2 Å². The monoisotopic (exact) mass is 183 g/mol. The number of phenols is 1. The highest BCUT2D eigenvalue weighted by Gasteiger charge is 2.15. The first-order chi connectivity index (χ1) is 6.16. The number of benzene rings is 1. The van der Waals surface area contributed by atoms with Gasteiger partial charge >= 0.3 is 5.69 Å². The van der Waals surface area contributed by atoms with Gasteiger partial charge in [0.15, 0.2) is 5.75 Å². The molecule has 0 spiro atoms. The Kier molecular flexibility index (Phi) is 2.81. The smallest absolute Gasteiger partial charge is 0.311 e. The van der Waals surface area contributed by atoms with Crippen molar-refractivity contribution in [2.24, 2.45) is 0 Å². The topological polar surface area (TPSA) is 72.6 Å². The van der Waals surface area contributed by atoms with Crippen LogP contribution in [0.4, 0.5) is 5.69 Å². The number of ether oxygens (including phenoxy) is 1. The molecule has 1 rings (SSSR count). The van der Waals surface area contributed by atoms with E-state index in [0.29, 0.717) is 5.56 Å². The maximum atomic E-state index is 10.4. The van der Waals surface area contributed by atoms with Crippen molar-refractivity contribution < 1.29 is 14.8 Å². The summed E-state index contributed by atoms with van der Waals surface area (Å²) in [6.45, 7) is 0.160. The molecule has 70 valence electrons. The van der Waals surface area contributed by atoms with Gasteiger partial charge in [0.1, 0.15) is 0 Å². The molecule has 0 radical (unpaired) electrons. The highest BCUT2D eigenvalue weighted by Crippen LogP contribution is 2.29. The quantitative estimate of drug-likeness (QED) is 0.568. The molecule has 0 atom stereocenters. The van der Waals surface area contributed by atoms with Crippen molar-refractivity contribution in [1.82, 2.24) is 0 Å². The van der Waals surface area contributed by atoms with Crippen molar-refractivity contribution in [2.75, 3.05) is 7.11 Å². The molecule has 0 aliphatic carbocycles. The molecular formula is C8H9NO4. The first-order valence-electron chi connectivity index (χ1n) is 3.61. The van der Waals surface area contributed by atoms with Crippen LogP contribution >= 0.6 is 0 Å². The fourth-order valence-corrected chi connectivity index (χ4v) is 0.997. The average Bonchev–Trinajstić information content (AvgIpc) is 2.08. The van der Waals surface area contributed by atoms with E-state index >= 15 is 0 Å². The molecule has 0 unspecified atom stereocenters. The Bertz CT molecular complexity index is 324. The largest absolute Gasteiger partial charge is 0.502 e. The van der Waals surface area contributed by atoms with Crippen molar-refractivity contribution in [3.05, 3.63) is 33.9 Å². The molecule has 5 heteroatoms. The maximum absolute atomic E-state index is 10.4. The second-order valence-electron chi connectivity index (χ2n) is 2.47. The number of methoxy groups -OCH3 is 1. The molecule has 13 heavy (non-hydrogen) atoms. The SMILES string of the molecule is COCc1cccc([N+](=O)[O-])c1O. The van der Waals surface area contributed by atoms with E-state index in [4.69, 9.17) is 4.74 Å². The summed E-state index contributed by atoms with van der Waals surface area (Å²) in [6.07, 6.45) is 0. The van der Waals surface area contributed by atoms with Crippen LogP contribution in [0.15, 0.2) is 18.2 Å². The van der Waals surface area contributed by atoms with Crippen LogP contribution in [0.5, 0.6) is 5.75 Å². The number of hydrogen-bond acceptors (Lipinski definition) is 4. The van der Waals surface area contributed by atoms with E-state index in [2.05, 4.69) is 0 Å². The van der Waals surface area contributed by atoms with Gasteiger partial charge in [-0.2, -0.15) is 0 Å². The third-order valence-corrected chi connectivity index (χ3v) is 1.59. The van der Waals surface area contributed by atoms with E-state index in [0.717, 1.165) is 0 Å². The molecule has 0 saturated carbocycles. The standard InChI is InChI=1S/C8H9NO4/c1-13-5-6-3-2-4-7(8(6)10)9(11)12/h2-4,10H,5H2,1H3. The summed E-state index contributed by atoms with van der Waals surface area (Å²) in [6, 6.07) is 4.33. The van der Waals surface area contributed by atoms with Crippen LogP contribution < -0.4 is 0 Å². The van der Waals surface area contributed by atoms with Gasteiger partial charge < -0.3 is 9.84 Å². The van der Waals surface area contributed by atoms with Crippen molar-refractivity contribution >= 4 is 5.69 Å². The van der Waals surface area contributed by atoms with Crippen LogP contribution in [-0.4, -0.2) is 17.1 Å². The molecule has 0 aliphatic rings. The van der Waals surface area contributed by atoms with Crippen molar-refractivity contribution in [3.63, 3.8) is 0 Å². The van der Waals surface area contributed by atoms with Gasteiger partial charge in [-0.15, -0.1) is 0 Å². The van der Waals surface area contributed by atoms with E-state index < -0.39 is 4.92 Å². The van der Waals surface area contributed by atoms with Crippen molar-refractivity contribution in [3.8, 4) is 5.75 Å². The van der Waals surface area contributed by atoms with Crippen LogP contribution in [0.2, 0.25) is 0 Å². The Morgan fingerprint density at radius 2 is 2.31 bits per heavy atom. The Hall–Kier alpha value is -1.62. The van der Waals surface area contributed by atoms with Crippen LogP contribution in [-0.2, 0) is 11.3 Å². The molecule has 0 amide bonds. The lowest BCUT2D eigenvalue weighted by Crippen LogP contribution is -1.93. The molecule has 1 N–H and O–H groups in total. The van der Waals surface area contributed by atoms with Gasteiger partial charge in [0, 0.05) is 18.7 Å². The third-order valence-electron chi connectivity index (χ3n) is 1.59. The first-order valence-corrected chi connectivity index (χ1v) is 3.61. The summed E-state index contributed by atoms with van der Waals surface area (Å²) < 4.78 is 4.76. The molecule has 5 nitrogen and oxygen atoms in total. The van der Waals surface area contributed by atoms with Crippen LogP contribution in [0, 0.1) is 10.1 Å². The summed E-state index contributed by atoms with van der Waals surface area (Å²) in [5, 5.41) is 19.8. The number of nitro benzene ring substituents is 1. The molecule has 0 bridgehead atoms. The lowest BCUT2D eigenvalue weighted by molar-refractivity contribution is -0.386. The number of para-hydroxylation sites is 1. The Morgan fingerprint density at radius 1 is 1.62 bits per heavy atom. The lowest BCUT2D eigenvalue weighted by atomic mass is 10.2. The summed E-state index contributed by atoms with van der Waals surface area (Å²) in [5.41, 5.74) is 0.117. The Balaban J connectivity index is 3.10. The highest BCUT2D eigenvalue weighted by molar-refractivity contribution is 5.50. The summed E-state index contributed by atoms with van der Waals surface area (Å²) in [4.78, 5) is 9.75. The molecule has 0 fully saturated rings. The lowest BCUT2D eigenvalue weighted by Gasteiger charge is -2.02. The molecular weight excluding hydrogens is 174 g/mol. The first kappa shape index (κ1) is 9.47. The Labute approximate surface area is 74.7 Å². The number of hydrogen-bond donors (Lipinski definition) is 1. The fourth-order valence-electron chi connectivity index (χ4n) is 0.997. The summed E-state index contributed by atoms with van der Waals surface area (Å²) in [5.74, 6) is -0.325. The zero-order valence-corrected chi connectivity index (χ0v) is 7.06. The number of aromatic hydroxyl groups is 1. The van der Waals surface area contributed by atoms with Gasteiger partial charge in [0.2, 0.25) is 0 Å². The van der Waals surface area contributed by atoms with Gasteiger partial charge in [-0.1, -0.05) is 12.1 Å². The van der Waals surface area contributed by atoms with Crippen LogP contribution in [0.1, 0.15) is 5.56 Å². The number of nitrogens with zero attached hydrogens (tertiary/aromatic N) is 1. The van der Waals surface area contributed by atoms with E-state index in [9.17, 15) is 15.2 Å². The maximum Gasteiger partial charge on any atom is 0.311 e. The third kappa shape index (κ3) is 1.94. The van der Waals surface area contributed by atoms with Gasteiger partial charge in [-0.3, -0.25) is 10.1 Å². The minimum absolute atomic E-state index is 0.160. The van der Waals surface area contributed by atoms with Gasteiger partial charge in [0.05, 0.1) is 11.5 Å². The molecule has 0 saturated heterocycles. The van der Waals surface area contributed by atoms with E-state index in [-0.39, 0.29) is 18.0 Å². The Morgan fingerprint density at radius 3 is 2.85 bits per heavy atom. The minimum Gasteiger partial charge on any atom is -0.502 e. The van der Waals surface area contributed by atoms with Crippen LogP contribution in [0.25, 0.3) is 0 Å². The molecule has 1 aromatic rings. The molecule has 0 aromatic heterocycles. The van der Waals surface area contributed by atoms with Crippen molar-refractivity contribution in [2.45, 2.75) is 6.61 Å². The predicted octanol–water partition coefficient (Wildman–Crippen LogP) is 1.45. The number of phenolic OH excluding ortho intramolecular Hbond substituents is 1. The molecule has 0 aliphatic heterocycles. The fraction of sp³-hybridized carbons (Fsp3) is 0.250. The minimum atomic E-state index is -0.630. The van der Waals surface area contributed by atoms with Gasteiger partial charge in [-0.05, 0) is 0 Å². The highest BCUT2D eigenvalue weighted by atomic mass is 16.6. The summed E-state index contributed by atoms with van der Waals surface area (Å²) in [7, 11) is 1.46. The summed E-state index contributed by atoms with van der Waals surface area (Å²) >= 11 is 0. The second-order valence-corrected chi connectivity index (χ2v) is 2.47. The number of rotatable bonds is 3.